The van der Waals surface area contributed by atoms with E-state index in [9.17, 15) is 8.42 Å². The van der Waals surface area contributed by atoms with E-state index in [1.54, 1.807) is 0 Å². The molecule has 0 spiro atoms. The number of fused-ring (bicyclic) bond motifs is 1. The zero-order valence-electron chi connectivity index (χ0n) is 14.7. The summed E-state index contributed by atoms with van der Waals surface area (Å²) in [5.41, 5.74) is 2.08. The summed E-state index contributed by atoms with van der Waals surface area (Å²) in [5, 5.41) is 3.27. The Morgan fingerprint density at radius 2 is 2.12 bits per heavy atom. The molecule has 0 aromatic heterocycles. The quantitative estimate of drug-likeness (QED) is 0.881. The normalized spacial score (nSPS) is 26.5. The molecule has 1 saturated carbocycles. The fourth-order valence-corrected chi connectivity index (χ4v) is 4.89. The van der Waals surface area contributed by atoms with Crippen LogP contribution in [0.5, 0.6) is 11.5 Å². The number of ether oxygens (including phenoxy) is 2. The van der Waals surface area contributed by atoms with Crippen LogP contribution in [0, 0.1) is 0 Å². The highest BCUT2D eigenvalue weighted by Crippen LogP contribution is 2.39. The van der Waals surface area contributed by atoms with Gasteiger partial charge >= 0.3 is 0 Å². The van der Waals surface area contributed by atoms with Crippen LogP contribution in [0.3, 0.4) is 0 Å². The van der Waals surface area contributed by atoms with E-state index in [0.29, 0.717) is 13.0 Å². The van der Waals surface area contributed by atoms with Crippen molar-refractivity contribution in [2.24, 2.45) is 0 Å². The zero-order valence-corrected chi connectivity index (χ0v) is 15.5. The van der Waals surface area contributed by atoms with Crippen LogP contribution in [0.1, 0.15) is 45.1 Å². The summed E-state index contributed by atoms with van der Waals surface area (Å²) in [5.74, 6) is 1.74. The predicted molar refractivity (Wildman–Crippen MR) is 95.9 cm³/mol. The molecule has 3 unspecified atom stereocenters. The Morgan fingerprint density at radius 3 is 2.83 bits per heavy atom. The van der Waals surface area contributed by atoms with Gasteiger partial charge in [0.15, 0.2) is 0 Å². The summed E-state index contributed by atoms with van der Waals surface area (Å²) in [6.45, 7) is 4.63. The van der Waals surface area contributed by atoms with Gasteiger partial charge in [0.2, 0.25) is 0 Å². The molecule has 24 heavy (non-hydrogen) atoms. The van der Waals surface area contributed by atoms with Gasteiger partial charge in [-0.3, -0.25) is 0 Å². The molecule has 1 fully saturated rings. The maximum absolute atomic E-state index is 11.9. The Balaban J connectivity index is 1.80. The third-order valence-electron chi connectivity index (χ3n) is 4.89. The van der Waals surface area contributed by atoms with Crippen LogP contribution in [-0.4, -0.2) is 38.7 Å². The lowest BCUT2D eigenvalue weighted by Crippen LogP contribution is -2.34. The van der Waals surface area contributed by atoms with Crippen LogP contribution in [0.4, 0.5) is 5.69 Å². The summed E-state index contributed by atoms with van der Waals surface area (Å²) in [4.78, 5) is 0. The molecule has 2 aliphatic rings. The Bertz CT molecular complexity index is 701. The highest BCUT2D eigenvalue weighted by molar-refractivity contribution is 7.91. The molecular formula is C18H27NO4S. The molecular weight excluding hydrogens is 326 g/mol. The summed E-state index contributed by atoms with van der Waals surface area (Å²) in [7, 11) is -2.98. The van der Waals surface area contributed by atoms with E-state index in [4.69, 9.17) is 9.47 Å². The van der Waals surface area contributed by atoms with Crippen molar-refractivity contribution >= 4 is 15.5 Å². The monoisotopic (exact) mass is 353 g/mol. The number of rotatable bonds is 5. The van der Waals surface area contributed by atoms with Gasteiger partial charge in [-0.05, 0) is 39.2 Å². The Kier molecular flexibility index (Phi) is 4.95. The minimum absolute atomic E-state index is 0.148. The predicted octanol–water partition coefficient (Wildman–Crippen LogP) is 3.18. The highest BCUT2D eigenvalue weighted by atomic mass is 32.2. The van der Waals surface area contributed by atoms with Crippen molar-refractivity contribution in [3.63, 3.8) is 0 Å². The first-order valence-electron chi connectivity index (χ1n) is 8.78. The third-order valence-corrected chi connectivity index (χ3v) is 6.53. The topological polar surface area (TPSA) is 64.6 Å². The maximum Gasteiger partial charge on any atom is 0.150 e. The summed E-state index contributed by atoms with van der Waals surface area (Å²) < 4.78 is 35.4. The molecule has 1 N–H and O–H groups in total. The van der Waals surface area contributed by atoms with Crippen molar-refractivity contribution in [3.8, 4) is 11.5 Å². The van der Waals surface area contributed by atoms with E-state index < -0.39 is 9.84 Å². The average molecular weight is 353 g/mol. The van der Waals surface area contributed by atoms with Crippen molar-refractivity contribution in [1.82, 2.24) is 0 Å². The second-order valence-electron chi connectivity index (χ2n) is 6.98. The van der Waals surface area contributed by atoms with E-state index in [1.807, 2.05) is 13.0 Å². The molecule has 0 saturated heterocycles. The van der Waals surface area contributed by atoms with Crippen LogP contribution in [0.15, 0.2) is 12.1 Å². The van der Waals surface area contributed by atoms with Crippen molar-refractivity contribution in [2.75, 3.05) is 18.2 Å². The van der Waals surface area contributed by atoms with Crippen molar-refractivity contribution < 1.29 is 17.9 Å². The van der Waals surface area contributed by atoms with Gasteiger partial charge in [-0.25, -0.2) is 8.42 Å². The molecule has 1 aliphatic carbocycles. The number of nitrogens with one attached hydrogen (secondary N) is 1. The molecule has 6 heteroatoms. The third kappa shape index (κ3) is 3.79. The first-order valence-corrected chi connectivity index (χ1v) is 10.7. The maximum atomic E-state index is 11.9. The number of hydrogen-bond acceptors (Lipinski definition) is 5. The lowest BCUT2D eigenvalue weighted by Gasteiger charge is -2.30. The lowest BCUT2D eigenvalue weighted by atomic mass is 9.94. The fraction of sp³-hybridized carbons (Fsp3) is 0.667. The van der Waals surface area contributed by atoms with Gasteiger partial charge in [0, 0.05) is 30.3 Å². The van der Waals surface area contributed by atoms with Crippen LogP contribution in [0.25, 0.3) is 0 Å². The van der Waals surface area contributed by atoms with E-state index in [-0.39, 0.29) is 17.4 Å². The molecule has 1 aromatic carbocycles. The molecule has 1 aromatic rings. The Hall–Kier alpha value is -1.43. The summed E-state index contributed by atoms with van der Waals surface area (Å²) in [6.07, 6.45) is 5.75. The minimum atomic E-state index is -2.98. The Labute approximate surface area is 144 Å². The van der Waals surface area contributed by atoms with Gasteiger partial charge in [0.25, 0.3) is 0 Å². The molecule has 134 valence electrons. The number of sulfone groups is 1. The van der Waals surface area contributed by atoms with Gasteiger partial charge in [-0.15, -0.1) is 0 Å². The van der Waals surface area contributed by atoms with E-state index in [2.05, 4.69) is 18.3 Å². The highest BCUT2D eigenvalue weighted by Gasteiger charge is 2.30. The van der Waals surface area contributed by atoms with Crippen LogP contribution >= 0.6 is 0 Å². The van der Waals surface area contributed by atoms with Gasteiger partial charge in [0.1, 0.15) is 27.4 Å². The van der Waals surface area contributed by atoms with E-state index in [1.165, 1.54) is 11.8 Å². The van der Waals surface area contributed by atoms with Gasteiger partial charge in [-0.2, -0.15) is 0 Å². The van der Waals surface area contributed by atoms with E-state index >= 15 is 0 Å². The second-order valence-corrected chi connectivity index (χ2v) is 9.31. The smallest absolute Gasteiger partial charge is 0.150 e. The minimum Gasteiger partial charge on any atom is -0.492 e. The molecule has 1 aliphatic heterocycles. The molecule has 1 heterocycles. The van der Waals surface area contributed by atoms with Gasteiger partial charge in [0.05, 0.1) is 17.5 Å². The first kappa shape index (κ1) is 17.4. The van der Waals surface area contributed by atoms with Crippen LogP contribution < -0.4 is 14.8 Å². The molecule has 3 rings (SSSR count). The largest absolute Gasteiger partial charge is 0.492 e. The molecule has 0 amide bonds. The van der Waals surface area contributed by atoms with Gasteiger partial charge in [-0.1, -0.05) is 6.42 Å². The lowest BCUT2D eigenvalue weighted by molar-refractivity contribution is 0.254. The molecule has 5 nitrogen and oxygen atoms in total. The average Bonchev–Trinajstić information content (AvgIpc) is 2.86. The molecule has 3 atom stereocenters. The summed E-state index contributed by atoms with van der Waals surface area (Å²) >= 11 is 0. The SMILES string of the molecule is CCOc1cc2c(cc1NC1CCCC(S(C)(=O)=O)C1)OC(C)C2. The zero-order chi connectivity index (χ0) is 17.3. The molecule has 0 radical (unpaired) electrons. The van der Waals surface area contributed by atoms with Crippen LogP contribution in [0.2, 0.25) is 0 Å². The number of anilines is 1. The van der Waals surface area contributed by atoms with Crippen LogP contribution in [-0.2, 0) is 16.3 Å². The van der Waals surface area contributed by atoms with Gasteiger partial charge < -0.3 is 14.8 Å². The number of hydrogen-bond donors (Lipinski definition) is 1. The second kappa shape index (κ2) is 6.82. The molecule has 0 bridgehead atoms. The number of benzene rings is 1. The Morgan fingerprint density at radius 1 is 1.33 bits per heavy atom. The summed E-state index contributed by atoms with van der Waals surface area (Å²) in [6, 6.07) is 4.21. The van der Waals surface area contributed by atoms with Crippen molar-refractivity contribution in [2.45, 2.75) is 63.3 Å². The fourth-order valence-electron chi connectivity index (χ4n) is 3.71. The first-order chi connectivity index (χ1) is 11.4. The standard InChI is InChI=1S/C18H27NO4S/c1-4-22-18-9-13-8-12(2)23-17(13)11-16(18)19-14-6-5-7-15(10-14)24(3,20)21/h9,11-12,14-15,19H,4-8,10H2,1-3H3. The van der Waals surface area contributed by atoms with E-state index in [0.717, 1.165) is 42.9 Å². The van der Waals surface area contributed by atoms with Crippen molar-refractivity contribution in [3.05, 3.63) is 17.7 Å². The van der Waals surface area contributed by atoms with Crippen molar-refractivity contribution in [1.29, 1.82) is 0 Å².